The van der Waals surface area contributed by atoms with Gasteiger partial charge in [-0.2, -0.15) is 0 Å². The van der Waals surface area contributed by atoms with Crippen LogP contribution in [-0.4, -0.2) is 12.6 Å². The molecule has 0 saturated carbocycles. The third-order valence-electron chi connectivity index (χ3n) is 3.43. The van der Waals surface area contributed by atoms with E-state index in [0.29, 0.717) is 6.04 Å². The predicted octanol–water partition coefficient (Wildman–Crippen LogP) is 5.60. The molecule has 0 bridgehead atoms. The fourth-order valence-electron chi connectivity index (χ4n) is 2.23. The molecule has 0 saturated heterocycles. The lowest BCUT2D eigenvalue weighted by molar-refractivity contribution is 0.464. The third-order valence-corrected chi connectivity index (χ3v) is 4.49. The summed E-state index contributed by atoms with van der Waals surface area (Å²) in [5.41, 5.74) is 2.04. The van der Waals surface area contributed by atoms with Gasteiger partial charge in [-0.25, -0.2) is 0 Å². The molecule has 2 nitrogen and oxygen atoms in total. The number of nitrogens with one attached hydrogen (secondary N) is 1. The summed E-state index contributed by atoms with van der Waals surface area (Å²) >= 11 is 9.79. The molecule has 2 aromatic rings. The van der Waals surface area contributed by atoms with Crippen molar-refractivity contribution in [3.63, 3.8) is 0 Å². The second kappa shape index (κ2) is 7.48. The lowest BCUT2D eigenvalue weighted by Gasteiger charge is -2.11. The van der Waals surface area contributed by atoms with E-state index >= 15 is 0 Å². The molecular weight excluding hydrogens is 350 g/mol. The summed E-state index contributed by atoms with van der Waals surface area (Å²) in [5, 5.41) is 4.22. The molecule has 1 atom stereocenters. The first-order chi connectivity index (χ1) is 10.0. The number of aryl methyl sites for hydroxylation is 1. The molecule has 114 valence electrons. The number of halogens is 2. The maximum Gasteiger partial charge on any atom is 0.135 e. The molecule has 1 N–H and O–H groups in total. The quantitative estimate of drug-likeness (QED) is 0.716. The van der Waals surface area contributed by atoms with Crippen LogP contribution in [0.4, 0.5) is 0 Å². The summed E-state index contributed by atoms with van der Waals surface area (Å²) in [4.78, 5) is 0. The number of hydrogen-bond donors (Lipinski definition) is 1. The highest BCUT2D eigenvalue weighted by Gasteiger charge is 2.12. The van der Waals surface area contributed by atoms with Gasteiger partial charge >= 0.3 is 0 Å². The molecule has 0 aliphatic carbocycles. The van der Waals surface area contributed by atoms with Gasteiger partial charge in [0.2, 0.25) is 0 Å². The molecule has 0 spiro atoms. The number of hydrogen-bond acceptors (Lipinski definition) is 2. The van der Waals surface area contributed by atoms with E-state index in [9.17, 15) is 0 Å². The van der Waals surface area contributed by atoms with Crippen molar-refractivity contribution >= 4 is 27.5 Å². The van der Waals surface area contributed by atoms with Crippen molar-refractivity contribution in [3.8, 4) is 11.3 Å². The standard InChI is InChI=1S/C17H21BrClNO/c1-4-7-20-12(3)9-13-5-6-17(21-13)14-10-16(19)11(2)8-15(14)18/h5-6,8,10,12,20H,4,7,9H2,1-3H3. The van der Waals surface area contributed by atoms with Crippen molar-refractivity contribution in [2.75, 3.05) is 6.54 Å². The minimum atomic E-state index is 0.411. The van der Waals surface area contributed by atoms with E-state index in [2.05, 4.69) is 35.1 Å². The molecule has 0 amide bonds. The Kier molecular flexibility index (Phi) is 5.91. The molecule has 1 aromatic carbocycles. The van der Waals surface area contributed by atoms with Crippen LogP contribution in [0.15, 0.2) is 33.2 Å². The van der Waals surface area contributed by atoms with Gasteiger partial charge in [-0.15, -0.1) is 0 Å². The number of benzene rings is 1. The van der Waals surface area contributed by atoms with E-state index in [1.807, 2.05) is 31.2 Å². The minimum absolute atomic E-state index is 0.411. The minimum Gasteiger partial charge on any atom is -0.461 e. The molecule has 1 heterocycles. The second-order valence-electron chi connectivity index (χ2n) is 5.41. The zero-order valence-electron chi connectivity index (χ0n) is 12.7. The SMILES string of the molecule is CCCNC(C)Cc1ccc(-c2cc(Cl)c(C)cc2Br)o1. The van der Waals surface area contributed by atoms with Crippen LogP contribution in [0.25, 0.3) is 11.3 Å². The van der Waals surface area contributed by atoms with E-state index < -0.39 is 0 Å². The van der Waals surface area contributed by atoms with Crippen LogP contribution < -0.4 is 5.32 Å². The molecule has 0 aliphatic heterocycles. The normalized spacial score (nSPS) is 12.6. The molecule has 1 unspecified atom stereocenters. The molecule has 21 heavy (non-hydrogen) atoms. The van der Waals surface area contributed by atoms with Gasteiger partial charge in [0.15, 0.2) is 0 Å². The maximum absolute atomic E-state index is 6.21. The molecular formula is C17H21BrClNO. The maximum atomic E-state index is 6.21. The highest BCUT2D eigenvalue weighted by molar-refractivity contribution is 9.10. The van der Waals surface area contributed by atoms with Gasteiger partial charge in [-0.05, 0) is 56.6 Å². The van der Waals surface area contributed by atoms with Crippen LogP contribution in [0.1, 0.15) is 31.6 Å². The molecule has 2 rings (SSSR count). The lowest BCUT2D eigenvalue weighted by atomic mass is 10.1. The van der Waals surface area contributed by atoms with Crippen molar-refractivity contribution in [1.82, 2.24) is 5.32 Å². The van der Waals surface area contributed by atoms with Crippen LogP contribution in [-0.2, 0) is 6.42 Å². The Bertz CT molecular complexity index is 609. The predicted molar refractivity (Wildman–Crippen MR) is 93.1 cm³/mol. The van der Waals surface area contributed by atoms with Crippen LogP contribution in [0.3, 0.4) is 0 Å². The average Bonchev–Trinajstić information content (AvgIpc) is 2.88. The molecule has 0 radical (unpaired) electrons. The Morgan fingerprint density at radius 1 is 1.33 bits per heavy atom. The van der Waals surface area contributed by atoms with Gasteiger partial charge < -0.3 is 9.73 Å². The largest absolute Gasteiger partial charge is 0.461 e. The fourth-order valence-corrected chi connectivity index (χ4v) is 3.05. The molecule has 1 aromatic heterocycles. The Balaban J connectivity index is 2.15. The lowest BCUT2D eigenvalue weighted by Crippen LogP contribution is -2.28. The van der Waals surface area contributed by atoms with Crippen molar-refractivity contribution in [2.45, 2.75) is 39.7 Å². The second-order valence-corrected chi connectivity index (χ2v) is 6.67. The van der Waals surface area contributed by atoms with Crippen LogP contribution in [0.2, 0.25) is 5.02 Å². The Labute approximate surface area is 140 Å². The van der Waals surface area contributed by atoms with E-state index in [-0.39, 0.29) is 0 Å². The Hall–Kier alpha value is -0.770. The van der Waals surface area contributed by atoms with Crippen molar-refractivity contribution in [3.05, 3.63) is 45.1 Å². The first kappa shape index (κ1) is 16.6. The van der Waals surface area contributed by atoms with E-state index in [1.54, 1.807) is 0 Å². The van der Waals surface area contributed by atoms with Crippen molar-refractivity contribution in [2.24, 2.45) is 0 Å². The summed E-state index contributed by atoms with van der Waals surface area (Å²) < 4.78 is 6.97. The Morgan fingerprint density at radius 2 is 2.10 bits per heavy atom. The first-order valence-corrected chi connectivity index (χ1v) is 8.46. The molecule has 0 fully saturated rings. The smallest absolute Gasteiger partial charge is 0.135 e. The van der Waals surface area contributed by atoms with Gasteiger partial charge in [0, 0.05) is 27.5 Å². The van der Waals surface area contributed by atoms with Crippen molar-refractivity contribution in [1.29, 1.82) is 0 Å². The van der Waals surface area contributed by atoms with Gasteiger partial charge in [0.05, 0.1) is 0 Å². The summed E-state index contributed by atoms with van der Waals surface area (Å²) in [5.74, 6) is 1.84. The summed E-state index contributed by atoms with van der Waals surface area (Å²) in [7, 11) is 0. The van der Waals surface area contributed by atoms with E-state index in [4.69, 9.17) is 16.0 Å². The summed E-state index contributed by atoms with van der Waals surface area (Å²) in [6.07, 6.45) is 2.03. The van der Waals surface area contributed by atoms with Crippen LogP contribution in [0.5, 0.6) is 0 Å². The average molecular weight is 371 g/mol. The van der Waals surface area contributed by atoms with Crippen molar-refractivity contribution < 1.29 is 4.42 Å². The van der Waals surface area contributed by atoms with Gasteiger partial charge in [-0.1, -0.05) is 34.5 Å². The zero-order chi connectivity index (χ0) is 15.4. The van der Waals surface area contributed by atoms with E-state index in [0.717, 1.165) is 51.5 Å². The van der Waals surface area contributed by atoms with Gasteiger partial charge in [0.25, 0.3) is 0 Å². The first-order valence-electron chi connectivity index (χ1n) is 7.29. The van der Waals surface area contributed by atoms with Crippen LogP contribution in [0, 0.1) is 6.92 Å². The highest BCUT2D eigenvalue weighted by atomic mass is 79.9. The number of furan rings is 1. The van der Waals surface area contributed by atoms with Crippen LogP contribution >= 0.6 is 27.5 Å². The zero-order valence-corrected chi connectivity index (χ0v) is 15.0. The fraction of sp³-hybridized carbons (Fsp3) is 0.412. The molecule has 4 heteroatoms. The summed E-state index contributed by atoms with van der Waals surface area (Å²) in [6.45, 7) is 7.37. The molecule has 0 aliphatic rings. The van der Waals surface area contributed by atoms with E-state index in [1.165, 1.54) is 0 Å². The monoisotopic (exact) mass is 369 g/mol. The van der Waals surface area contributed by atoms with Gasteiger partial charge in [0.1, 0.15) is 11.5 Å². The Morgan fingerprint density at radius 3 is 2.81 bits per heavy atom. The number of rotatable bonds is 6. The topological polar surface area (TPSA) is 25.2 Å². The van der Waals surface area contributed by atoms with Gasteiger partial charge in [-0.3, -0.25) is 0 Å². The summed E-state index contributed by atoms with van der Waals surface area (Å²) in [6, 6.07) is 8.43. The third kappa shape index (κ3) is 4.35. The highest BCUT2D eigenvalue weighted by Crippen LogP contribution is 2.34.